The average molecular weight is 435 g/mol. The number of carbonyl (C=O) groups excluding carboxylic acids is 1. The van der Waals surface area contributed by atoms with Crippen molar-refractivity contribution in [2.24, 2.45) is 5.92 Å². The Labute approximate surface area is 187 Å². The number of fused-ring (bicyclic) bond motifs is 5. The molecule has 7 heteroatoms. The molecule has 1 aromatic heterocycles. The third-order valence-corrected chi connectivity index (χ3v) is 7.68. The van der Waals surface area contributed by atoms with Crippen LogP contribution in [-0.2, 0) is 11.3 Å². The predicted octanol–water partition coefficient (Wildman–Crippen LogP) is 1.50. The summed E-state index contributed by atoms with van der Waals surface area (Å²) in [7, 11) is 0. The van der Waals surface area contributed by atoms with Crippen LogP contribution in [0.1, 0.15) is 46.5 Å². The molecule has 4 aliphatic heterocycles. The Morgan fingerprint density at radius 2 is 1.91 bits per heavy atom. The number of nitrogens with one attached hydrogen (secondary N) is 2. The van der Waals surface area contributed by atoms with E-state index < -0.39 is 0 Å². The van der Waals surface area contributed by atoms with Crippen LogP contribution in [-0.4, -0.2) is 60.2 Å². The maximum atomic E-state index is 13.2. The predicted molar refractivity (Wildman–Crippen MR) is 121 cm³/mol. The van der Waals surface area contributed by atoms with Gasteiger partial charge < -0.3 is 19.9 Å². The number of piperidine rings is 1. The van der Waals surface area contributed by atoms with Crippen molar-refractivity contribution in [3.8, 4) is 0 Å². The highest BCUT2D eigenvalue weighted by Gasteiger charge is 2.39. The Kier molecular flexibility index (Phi) is 5.12. The topological polar surface area (TPSA) is 75.6 Å². The molecule has 0 spiro atoms. The smallest absolute Gasteiger partial charge is 0.263 e. The van der Waals surface area contributed by atoms with Crippen LogP contribution in [0.4, 0.5) is 0 Å². The van der Waals surface area contributed by atoms with Crippen molar-refractivity contribution in [2.45, 2.75) is 43.5 Å². The highest BCUT2D eigenvalue weighted by molar-refractivity contribution is 5.94. The molecule has 32 heavy (non-hydrogen) atoms. The maximum Gasteiger partial charge on any atom is 0.263 e. The largest absolute Gasteiger partial charge is 0.371 e. The van der Waals surface area contributed by atoms with Crippen molar-refractivity contribution < 1.29 is 9.53 Å². The number of ether oxygens (including phenoxy) is 1. The highest BCUT2D eigenvalue weighted by Crippen LogP contribution is 2.32. The number of nitrogens with zero attached hydrogens (tertiary/aromatic N) is 2. The van der Waals surface area contributed by atoms with Crippen molar-refractivity contribution in [3.05, 3.63) is 69.6 Å². The number of aromatic nitrogens is 1. The molecular formula is C25H30N4O3. The first-order valence-electron chi connectivity index (χ1n) is 11.8. The van der Waals surface area contributed by atoms with E-state index in [1.54, 1.807) is 6.07 Å². The molecule has 2 aromatic rings. The van der Waals surface area contributed by atoms with Crippen LogP contribution in [0.3, 0.4) is 0 Å². The van der Waals surface area contributed by atoms with Gasteiger partial charge in [0.1, 0.15) is 5.56 Å². The Balaban J connectivity index is 1.14. The van der Waals surface area contributed by atoms with Gasteiger partial charge in [-0.05, 0) is 43.0 Å². The van der Waals surface area contributed by atoms with Crippen LogP contribution in [0.15, 0.2) is 47.3 Å². The number of hydrogen-bond donors (Lipinski definition) is 2. The lowest BCUT2D eigenvalue weighted by molar-refractivity contribution is -0.0502. The molecule has 0 aliphatic carbocycles. The van der Waals surface area contributed by atoms with Gasteiger partial charge in [-0.25, -0.2) is 0 Å². The standard InChI is InChI=1S/C25H30N4O3/c30-24(21-6-7-22-18-8-16(10-26-11-18)12-29(22)25(21)31)27-19-9-20-15-32-23(14-28(20)13-19)17-4-2-1-3-5-17/h1-7,16,18-20,23,26H,8-15H2,(H,27,30)/t16-,18+,19+,20-,23+/m0/s1. The van der Waals surface area contributed by atoms with E-state index in [9.17, 15) is 9.59 Å². The first-order chi connectivity index (χ1) is 15.7. The van der Waals surface area contributed by atoms with E-state index in [0.29, 0.717) is 31.0 Å². The van der Waals surface area contributed by atoms with Gasteiger partial charge in [0, 0.05) is 49.9 Å². The Morgan fingerprint density at radius 3 is 2.78 bits per heavy atom. The van der Waals surface area contributed by atoms with E-state index in [-0.39, 0.29) is 29.2 Å². The molecule has 1 amide bonds. The number of hydrogen-bond acceptors (Lipinski definition) is 5. The van der Waals surface area contributed by atoms with Crippen LogP contribution in [0, 0.1) is 5.92 Å². The van der Waals surface area contributed by atoms with Gasteiger partial charge in [0.05, 0.1) is 12.7 Å². The molecule has 6 rings (SSSR count). The molecule has 3 saturated heterocycles. The van der Waals surface area contributed by atoms with E-state index in [1.165, 1.54) is 5.56 Å². The minimum absolute atomic E-state index is 0.0367. The number of amides is 1. The van der Waals surface area contributed by atoms with Crippen molar-refractivity contribution >= 4 is 5.91 Å². The fourth-order valence-electron chi connectivity index (χ4n) is 6.07. The second-order valence-corrected chi connectivity index (χ2v) is 9.79. The summed E-state index contributed by atoms with van der Waals surface area (Å²) in [5.74, 6) is 0.598. The van der Waals surface area contributed by atoms with Gasteiger partial charge >= 0.3 is 0 Å². The fourth-order valence-corrected chi connectivity index (χ4v) is 6.07. The maximum absolute atomic E-state index is 13.2. The number of benzene rings is 1. The zero-order chi connectivity index (χ0) is 21.7. The van der Waals surface area contributed by atoms with Gasteiger partial charge in [-0.15, -0.1) is 0 Å². The van der Waals surface area contributed by atoms with E-state index >= 15 is 0 Å². The van der Waals surface area contributed by atoms with Gasteiger partial charge in [0.25, 0.3) is 11.5 Å². The fraction of sp³-hybridized carbons (Fsp3) is 0.520. The molecule has 2 bridgehead atoms. The third-order valence-electron chi connectivity index (χ3n) is 7.68. The molecule has 2 N–H and O–H groups in total. The monoisotopic (exact) mass is 434 g/mol. The zero-order valence-corrected chi connectivity index (χ0v) is 18.2. The van der Waals surface area contributed by atoms with Gasteiger partial charge in [0.15, 0.2) is 0 Å². The van der Waals surface area contributed by atoms with E-state index in [4.69, 9.17) is 4.74 Å². The molecular weight excluding hydrogens is 404 g/mol. The normalized spacial score (nSPS) is 31.6. The molecule has 0 radical (unpaired) electrons. The summed E-state index contributed by atoms with van der Waals surface area (Å²) in [6.45, 7) is 4.86. The van der Waals surface area contributed by atoms with Gasteiger partial charge in [0.2, 0.25) is 0 Å². The molecule has 4 aliphatic rings. The Morgan fingerprint density at radius 1 is 1.03 bits per heavy atom. The van der Waals surface area contributed by atoms with Crippen molar-refractivity contribution in [3.63, 3.8) is 0 Å². The van der Waals surface area contributed by atoms with Crippen molar-refractivity contribution in [2.75, 3.05) is 32.8 Å². The molecule has 5 atom stereocenters. The lowest BCUT2D eigenvalue weighted by Gasteiger charge is -2.37. The SMILES string of the molecule is O=C(N[C@@H]1C[C@H]2CO[C@@H](c3ccccc3)CN2C1)c1ccc2n(c1=O)C[C@@H]1CNC[C@H]2C1. The van der Waals surface area contributed by atoms with Gasteiger partial charge in [-0.1, -0.05) is 30.3 Å². The highest BCUT2D eigenvalue weighted by atomic mass is 16.5. The first-order valence-corrected chi connectivity index (χ1v) is 11.8. The minimum Gasteiger partial charge on any atom is -0.371 e. The first kappa shape index (κ1) is 20.1. The van der Waals surface area contributed by atoms with Crippen molar-refractivity contribution in [1.82, 2.24) is 20.1 Å². The lowest BCUT2D eigenvalue weighted by Crippen LogP contribution is -2.47. The molecule has 0 unspecified atom stereocenters. The zero-order valence-electron chi connectivity index (χ0n) is 18.2. The van der Waals surface area contributed by atoms with E-state index in [1.807, 2.05) is 28.8 Å². The summed E-state index contributed by atoms with van der Waals surface area (Å²) in [6, 6.07) is 14.4. The molecule has 0 saturated carbocycles. The van der Waals surface area contributed by atoms with Crippen LogP contribution >= 0.6 is 0 Å². The second kappa shape index (κ2) is 8.14. The summed E-state index contributed by atoms with van der Waals surface area (Å²) < 4.78 is 7.97. The number of carbonyl (C=O) groups is 1. The quantitative estimate of drug-likeness (QED) is 0.766. The minimum atomic E-state index is -0.246. The number of rotatable bonds is 3. The summed E-state index contributed by atoms with van der Waals surface area (Å²) >= 11 is 0. The van der Waals surface area contributed by atoms with Crippen LogP contribution in [0.5, 0.6) is 0 Å². The van der Waals surface area contributed by atoms with Crippen molar-refractivity contribution in [1.29, 1.82) is 0 Å². The summed E-state index contributed by atoms with van der Waals surface area (Å²) in [5.41, 5.74) is 2.39. The van der Waals surface area contributed by atoms with Crippen LogP contribution < -0.4 is 16.2 Å². The summed E-state index contributed by atoms with van der Waals surface area (Å²) in [4.78, 5) is 28.6. The lowest BCUT2D eigenvalue weighted by atomic mass is 9.84. The molecule has 168 valence electrons. The van der Waals surface area contributed by atoms with E-state index in [0.717, 1.165) is 44.7 Å². The molecule has 5 heterocycles. The van der Waals surface area contributed by atoms with Crippen LogP contribution in [0.25, 0.3) is 0 Å². The second-order valence-electron chi connectivity index (χ2n) is 9.79. The Bertz CT molecular complexity index is 1070. The molecule has 3 fully saturated rings. The number of morpholine rings is 1. The summed E-state index contributed by atoms with van der Waals surface area (Å²) in [5, 5.41) is 6.60. The summed E-state index contributed by atoms with van der Waals surface area (Å²) in [6.07, 6.45) is 2.06. The Hall–Kier alpha value is -2.48. The third kappa shape index (κ3) is 3.58. The van der Waals surface area contributed by atoms with Gasteiger partial charge in [-0.2, -0.15) is 0 Å². The van der Waals surface area contributed by atoms with Crippen LogP contribution in [0.2, 0.25) is 0 Å². The molecule has 1 aromatic carbocycles. The molecule has 7 nitrogen and oxygen atoms in total. The average Bonchev–Trinajstić information content (AvgIpc) is 3.22. The number of pyridine rings is 1. The van der Waals surface area contributed by atoms with Gasteiger partial charge in [-0.3, -0.25) is 14.5 Å². The van der Waals surface area contributed by atoms with E-state index in [2.05, 4.69) is 27.7 Å².